The molecule has 0 saturated heterocycles. The molecule has 1 aromatic heterocycles. The Hall–Kier alpha value is -1.76. The van der Waals surface area contributed by atoms with E-state index in [0.717, 1.165) is 22.4 Å². The van der Waals surface area contributed by atoms with E-state index < -0.39 is 5.97 Å². The molecule has 0 spiro atoms. The van der Waals surface area contributed by atoms with Gasteiger partial charge in [0.2, 0.25) is 0 Å². The molecule has 3 rings (SSSR count). The molecule has 2 aromatic carbocycles. The van der Waals surface area contributed by atoms with Crippen LogP contribution in [0, 0.1) is 6.92 Å². The largest absolute Gasteiger partial charge is 0.481 e. The van der Waals surface area contributed by atoms with E-state index in [1.165, 1.54) is 0 Å². The number of rotatable bonds is 10. The molecule has 0 atom stereocenters. The minimum atomic E-state index is -0.807. The van der Waals surface area contributed by atoms with Crippen molar-refractivity contribution in [2.24, 2.45) is 0 Å². The lowest BCUT2D eigenvalue weighted by atomic mass is 10.1. The first-order chi connectivity index (χ1) is 15.2. The number of aliphatic carboxylic acids is 1. The second-order valence-electron chi connectivity index (χ2n) is 7.58. The molecule has 0 unspecified atom stereocenters. The molecule has 0 radical (unpaired) electrons. The van der Waals surface area contributed by atoms with Crippen LogP contribution in [0.15, 0.2) is 42.5 Å². The number of halogens is 4. The van der Waals surface area contributed by atoms with Crippen molar-refractivity contribution in [1.29, 1.82) is 0 Å². The maximum atomic E-state index is 11.0. The van der Waals surface area contributed by atoms with Crippen LogP contribution < -0.4 is 0 Å². The molecule has 0 aliphatic carbocycles. The van der Waals surface area contributed by atoms with E-state index in [4.69, 9.17) is 51.5 Å². The fourth-order valence-electron chi connectivity index (χ4n) is 3.43. The number of hydrogen-bond acceptors (Lipinski definition) is 3. The number of aryl methyl sites for hydroxylation is 1. The molecular formula is C23H23Cl4N3O2. The average molecular weight is 515 g/mol. The topological polar surface area (TPSA) is 58.4 Å². The summed E-state index contributed by atoms with van der Waals surface area (Å²) in [6.07, 6.45) is 0.645. The Labute approximate surface area is 207 Å². The average Bonchev–Trinajstić information content (AvgIpc) is 2.98. The van der Waals surface area contributed by atoms with Gasteiger partial charge in [0.25, 0.3) is 0 Å². The highest BCUT2D eigenvalue weighted by Gasteiger charge is 2.18. The minimum absolute atomic E-state index is 0.109. The second-order valence-corrected chi connectivity index (χ2v) is 9.22. The Kier molecular flexibility index (Phi) is 8.86. The Morgan fingerprint density at radius 1 is 1.03 bits per heavy atom. The van der Waals surface area contributed by atoms with Crippen LogP contribution in [0.1, 0.15) is 35.2 Å². The van der Waals surface area contributed by atoms with Crippen molar-refractivity contribution in [2.75, 3.05) is 6.54 Å². The zero-order valence-corrected chi connectivity index (χ0v) is 20.5. The number of nitrogens with zero attached hydrogens (tertiary/aromatic N) is 3. The predicted molar refractivity (Wildman–Crippen MR) is 130 cm³/mol. The van der Waals surface area contributed by atoms with Gasteiger partial charge < -0.3 is 5.11 Å². The van der Waals surface area contributed by atoms with Crippen molar-refractivity contribution < 1.29 is 9.90 Å². The maximum Gasteiger partial charge on any atom is 0.303 e. The summed E-state index contributed by atoms with van der Waals surface area (Å²) in [6, 6.07) is 13.0. The first-order valence-corrected chi connectivity index (χ1v) is 11.6. The number of hydrogen-bond donors (Lipinski definition) is 1. The fraction of sp³-hybridized carbons (Fsp3) is 0.304. The van der Waals surface area contributed by atoms with Gasteiger partial charge in [-0.25, -0.2) is 4.68 Å². The maximum absolute atomic E-state index is 11.0. The smallest absolute Gasteiger partial charge is 0.303 e. The highest BCUT2D eigenvalue weighted by Crippen LogP contribution is 2.27. The van der Waals surface area contributed by atoms with Crippen LogP contribution >= 0.6 is 46.4 Å². The number of carbonyl (C=O) groups is 1. The number of carboxylic acid groups (broad SMARTS) is 1. The third-order valence-electron chi connectivity index (χ3n) is 5.08. The van der Waals surface area contributed by atoms with Crippen molar-refractivity contribution in [3.8, 4) is 0 Å². The van der Waals surface area contributed by atoms with Crippen LogP contribution in [0.5, 0.6) is 0 Å². The van der Waals surface area contributed by atoms with Crippen molar-refractivity contribution in [3.05, 3.63) is 85.1 Å². The van der Waals surface area contributed by atoms with Crippen molar-refractivity contribution in [3.63, 3.8) is 0 Å². The third-order valence-corrected chi connectivity index (χ3v) is 6.35. The standard InChI is InChI=1S/C23H23Cl4N3O2/c1-15-20(23(27)30(28-15)13-17-6-9-19(25)11-21(17)26)14-29(10-2-3-22(31)32)12-16-4-7-18(24)8-5-16/h4-9,11H,2-3,10,12-14H2,1H3,(H,31,32). The molecule has 0 fully saturated rings. The summed E-state index contributed by atoms with van der Waals surface area (Å²) >= 11 is 25.0. The molecule has 5 nitrogen and oxygen atoms in total. The van der Waals surface area contributed by atoms with Gasteiger partial charge in [-0.15, -0.1) is 0 Å². The Morgan fingerprint density at radius 3 is 2.38 bits per heavy atom. The van der Waals surface area contributed by atoms with Gasteiger partial charge in [-0.05, 0) is 55.3 Å². The van der Waals surface area contributed by atoms with E-state index >= 15 is 0 Å². The SMILES string of the molecule is Cc1nn(Cc2ccc(Cl)cc2Cl)c(Cl)c1CN(CCCC(=O)O)Cc1ccc(Cl)cc1. The predicted octanol–water partition coefficient (Wildman–Crippen LogP) is 6.72. The second kappa shape index (κ2) is 11.4. The van der Waals surface area contributed by atoms with Gasteiger partial charge in [-0.1, -0.05) is 64.6 Å². The molecule has 9 heteroatoms. The molecular weight excluding hydrogens is 492 g/mol. The van der Waals surface area contributed by atoms with Crippen LogP contribution in [-0.4, -0.2) is 32.3 Å². The van der Waals surface area contributed by atoms with E-state index in [0.29, 0.717) is 52.8 Å². The Bertz CT molecular complexity index is 1080. The lowest BCUT2D eigenvalue weighted by molar-refractivity contribution is -0.137. The van der Waals surface area contributed by atoms with E-state index in [1.807, 2.05) is 37.3 Å². The van der Waals surface area contributed by atoms with Gasteiger partial charge >= 0.3 is 5.97 Å². The Balaban J connectivity index is 1.79. The third kappa shape index (κ3) is 6.87. The first kappa shape index (κ1) is 24.9. The van der Waals surface area contributed by atoms with Gasteiger partial charge in [-0.2, -0.15) is 5.10 Å². The van der Waals surface area contributed by atoms with Crippen LogP contribution in [-0.2, 0) is 24.4 Å². The molecule has 1 heterocycles. The van der Waals surface area contributed by atoms with Crippen LogP contribution in [0.3, 0.4) is 0 Å². The zero-order chi connectivity index (χ0) is 23.3. The number of benzene rings is 2. The van der Waals surface area contributed by atoms with Crippen molar-refractivity contribution >= 4 is 52.4 Å². The molecule has 3 aromatic rings. The lowest BCUT2D eigenvalue weighted by Crippen LogP contribution is -2.25. The molecule has 0 amide bonds. The highest BCUT2D eigenvalue weighted by atomic mass is 35.5. The van der Waals surface area contributed by atoms with E-state index in [-0.39, 0.29) is 6.42 Å². The molecule has 170 valence electrons. The molecule has 1 N–H and O–H groups in total. The zero-order valence-electron chi connectivity index (χ0n) is 17.5. The summed E-state index contributed by atoms with van der Waals surface area (Å²) in [5, 5.41) is 16.0. The summed E-state index contributed by atoms with van der Waals surface area (Å²) in [6.45, 7) is 4.13. The fourth-order valence-corrected chi connectivity index (χ4v) is 4.31. The normalized spacial score (nSPS) is 11.3. The first-order valence-electron chi connectivity index (χ1n) is 10.1. The molecule has 0 saturated carbocycles. The summed E-state index contributed by atoms with van der Waals surface area (Å²) in [7, 11) is 0. The summed E-state index contributed by atoms with van der Waals surface area (Å²) in [5.74, 6) is -0.807. The molecule has 32 heavy (non-hydrogen) atoms. The molecule has 0 aliphatic heterocycles. The van der Waals surface area contributed by atoms with Gasteiger partial charge in [0, 0.05) is 40.1 Å². The van der Waals surface area contributed by atoms with Crippen LogP contribution in [0.4, 0.5) is 0 Å². The van der Waals surface area contributed by atoms with Crippen molar-refractivity contribution in [2.45, 2.75) is 39.4 Å². The number of aromatic nitrogens is 2. The van der Waals surface area contributed by atoms with Gasteiger partial charge in [0.1, 0.15) is 5.15 Å². The molecule has 0 aliphatic rings. The van der Waals surface area contributed by atoms with Gasteiger partial charge in [0.15, 0.2) is 0 Å². The minimum Gasteiger partial charge on any atom is -0.481 e. The molecule has 0 bridgehead atoms. The van der Waals surface area contributed by atoms with Crippen LogP contribution in [0.2, 0.25) is 20.2 Å². The quantitative estimate of drug-likeness (QED) is 0.326. The van der Waals surface area contributed by atoms with E-state index in [9.17, 15) is 4.79 Å². The van der Waals surface area contributed by atoms with Crippen LogP contribution in [0.25, 0.3) is 0 Å². The van der Waals surface area contributed by atoms with E-state index in [2.05, 4.69) is 10.00 Å². The summed E-state index contributed by atoms with van der Waals surface area (Å²) in [5.41, 5.74) is 3.67. The van der Waals surface area contributed by atoms with E-state index in [1.54, 1.807) is 16.8 Å². The van der Waals surface area contributed by atoms with Gasteiger partial charge in [-0.3, -0.25) is 9.69 Å². The number of carboxylic acids is 1. The highest BCUT2D eigenvalue weighted by molar-refractivity contribution is 6.35. The summed E-state index contributed by atoms with van der Waals surface area (Å²) < 4.78 is 1.72. The lowest BCUT2D eigenvalue weighted by Gasteiger charge is -2.22. The summed E-state index contributed by atoms with van der Waals surface area (Å²) in [4.78, 5) is 13.2. The monoisotopic (exact) mass is 513 g/mol. The Morgan fingerprint density at radius 2 is 1.72 bits per heavy atom. The van der Waals surface area contributed by atoms with Crippen molar-refractivity contribution in [1.82, 2.24) is 14.7 Å². The van der Waals surface area contributed by atoms with Gasteiger partial charge in [0.05, 0.1) is 12.2 Å².